The summed E-state index contributed by atoms with van der Waals surface area (Å²) in [5.74, 6) is 2.22. The van der Waals surface area contributed by atoms with Crippen LogP contribution in [0.1, 0.15) is 40.2 Å². The van der Waals surface area contributed by atoms with Crippen LogP contribution in [0.4, 0.5) is 0 Å². The average molecular weight is 444 g/mol. The molecule has 4 aromatic carbocycles. The summed E-state index contributed by atoms with van der Waals surface area (Å²) in [5.41, 5.74) is 5.51. The van der Waals surface area contributed by atoms with Gasteiger partial charge in [0.1, 0.15) is 5.75 Å². The fourth-order valence-electron chi connectivity index (χ4n) is 5.08. The standard InChI is InChI=1S/C28H21N5O/c1-17-11-13-19(14-12-17)23-22-16-15-18-7-5-6-10-21(18)25(22)34-28-24(23)27-30-31-32-33(27)26(29-28)20-8-3-2-4-9-20/h2-16,23,26,29H,1H3. The first-order valence-electron chi connectivity index (χ1n) is 11.4. The molecule has 0 saturated carbocycles. The molecule has 0 amide bonds. The minimum absolute atomic E-state index is 0.0714. The zero-order chi connectivity index (χ0) is 22.6. The molecule has 3 heterocycles. The van der Waals surface area contributed by atoms with Crippen molar-refractivity contribution in [2.45, 2.75) is 19.0 Å². The SMILES string of the molecule is Cc1ccc(C2C3=C(NC(c4ccccc4)n4nnnc43)Oc3c2ccc2ccccc32)cc1. The zero-order valence-electron chi connectivity index (χ0n) is 18.5. The van der Waals surface area contributed by atoms with Gasteiger partial charge >= 0.3 is 0 Å². The topological polar surface area (TPSA) is 64.9 Å². The first-order valence-corrected chi connectivity index (χ1v) is 11.4. The number of aryl methyl sites for hydroxylation is 1. The van der Waals surface area contributed by atoms with Crippen LogP contribution in [0.2, 0.25) is 0 Å². The molecular formula is C28H21N5O. The number of nitrogens with zero attached hydrogens (tertiary/aromatic N) is 4. The maximum absolute atomic E-state index is 6.66. The van der Waals surface area contributed by atoms with Gasteiger partial charge in [0.15, 0.2) is 12.0 Å². The van der Waals surface area contributed by atoms with Crippen molar-refractivity contribution in [3.8, 4) is 5.75 Å². The number of aromatic nitrogens is 4. The highest BCUT2D eigenvalue weighted by Crippen LogP contribution is 2.50. The number of benzene rings is 4. The molecule has 34 heavy (non-hydrogen) atoms. The van der Waals surface area contributed by atoms with Crippen molar-refractivity contribution in [3.63, 3.8) is 0 Å². The van der Waals surface area contributed by atoms with E-state index < -0.39 is 0 Å². The predicted octanol–water partition coefficient (Wildman–Crippen LogP) is 5.18. The second-order valence-corrected chi connectivity index (χ2v) is 8.80. The van der Waals surface area contributed by atoms with Crippen LogP contribution < -0.4 is 10.1 Å². The van der Waals surface area contributed by atoms with Crippen molar-refractivity contribution in [1.82, 2.24) is 25.5 Å². The molecule has 6 heteroatoms. The molecule has 0 saturated heterocycles. The zero-order valence-corrected chi connectivity index (χ0v) is 18.5. The molecule has 2 aliphatic rings. The van der Waals surface area contributed by atoms with Gasteiger partial charge in [-0.15, -0.1) is 5.10 Å². The number of hydrogen-bond acceptors (Lipinski definition) is 5. The molecule has 0 fully saturated rings. The van der Waals surface area contributed by atoms with E-state index >= 15 is 0 Å². The lowest BCUT2D eigenvalue weighted by Gasteiger charge is -2.36. The summed E-state index contributed by atoms with van der Waals surface area (Å²) in [5, 5.41) is 18.7. The summed E-state index contributed by atoms with van der Waals surface area (Å²) in [6.07, 6.45) is -0.264. The summed E-state index contributed by atoms with van der Waals surface area (Å²) in [6.45, 7) is 2.10. The van der Waals surface area contributed by atoms with Crippen molar-refractivity contribution >= 4 is 16.3 Å². The van der Waals surface area contributed by atoms with E-state index in [4.69, 9.17) is 4.74 Å². The maximum Gasteiger partial charge on any atom is 0.203 e. The van der Waals surface area contributed by atoms with Crippen LogP contribution in [0.5, 0.6) is 5.75 Å². The quantitative estimate of drug-likeness (QED) is 0.407. The first kappa shape index (κ1) is 19.1. The van der Waals surface area contributed by atoms with Crippen LogP contribution in [-0.2, 0) is 0 Å². The van der Waals surface area contributed by atoms with E-state index in [0.29, 0.717) is 11.7 Å². The summed E-state index contributed by atoms with van der Waals surface area (Å²) in [4.78, 5) is 0. The lowest BCUT2D eigenvalue weighted by molar-refractivity contribution is 0.308. The lowest BCUT2D eigenvalue weighted by atomic mass is 9.81. The van der Waals surface area contributed by atoms with Crippen LogP contribution in [0.15, 0.2) is 96.9 Å². The van der Waals surface area contributed by atoms with E-state index in [-0.39, 0.29) is 12.1 Å². The molecule has 2 aliphatic heterocycles. The average Bonchev–Trinajstić information content (AvgIpc) is 3.38. The highest BCUT2D eigenvalue weighted by Gasteiger charge is 2.41. The molecule has 1 aromatic heterocycles. The van der Waals surface area contributed by atoms with Crippen LogP contribution in [-0.4, -0.2) is 20.2 Å². The normalized spacial score (nSPS) is 18.5. The van der Waals surface area contributed by atoms with Crippen LogP contribution in [0.25, 0.3) is 16.3 Å². The minimum Gasteiger partial charge on any atom is -0.440 e. The van der Waals surface area contributed by atoms with E-state index in [1.165, 1.54) is 11.1 Å². The largest absolute Gasteiger partial charge is 0.440 e. The van der Waals surface area contributed by atoms with Crippen molar-refractivity contribution in [2.75, 3.05) is 0 Å². The lowest BCUT2D eigenvalue weighted by Crippen LogP contribution is -2.38. The fraction of sp³-hybridized carbons (Fsp3) is 0.107. The Hall–Kier alpha value is -4.45. The molecular weight excluding hydrogens is 422 g/mol. The van der Waals surface area contributed by atoms with E-state index in [9.17, 15) is 0 Å². The van der Waals surface area contributed by atoms with Gasteiger partial charge in [0.05, 0.1) is 5.57 Å². The van der Waals surface area contributed by atoms with Gasteiger partial charge in [-0.25, -0.2) is 0 Å². The van der Waals surface area contributed by atoms with Gasteiger partial charge in [-0.05, 0) is 33.9 Å². The maximum atomic E-state index is 6.66. The molecule has 0 radical (unpaired) electrons. The Morgan fingerprint density at radius 1 is 0.824 bits per heavy atom. The summed E-state index contributed by atoms with van der Waals surface area (Å²) in [7, 11) is 0. The Morgan fingerprint density at radius 2 is 1.62 bits per heavy atom. The Kier molecular flexibility index (Phi) is 4.08. The van der Waals surface area contributed by atoms with Gasteiger partial charge in [-0.1, -0.05) is 96.6 Å². The van der Waals surface area contributed by atoms with Crippen LogP contribution in [0, 0.1) is 6.92 Å². The highest BCUT2D eigenvalue weighted by molar-refractivity contribution is 5.93. The van der Waals surface area contributed by atoms with Crippen LogP contribution >= 0.6 is 0 Å². The van der Waals surface area contributed by atoms with E-state index in [1.54, 1.807) is 0 Å². The molecule has 0 spiro atoms. The molecule has 5 aromatic rings. The number of fused-ring (bicyclic) bond motifs is 5. The summed E-state index contributed by atoms with van der Waals surface area (Å²) in [6, 6.07) is 31.5. The van der Waals surface area contributed by atoms with Crippen molar-refractivity contribution in [1.29, 1.82) is 0 Å². The second kappa shape index (κ2) is 7.28. The third kappa shape index (κ3) is 2.78. The summed E-state index contributed by atoms with van der Waals surface area (Å²) >= 11 is 0. The number of hydrogen-bond donors (Lipinski definition) is 1. The van der Waals surface area contributed by atoms with Crippen molar-refractivity contribution in [2.24, 2.45) is 0 Å². The van der Waals surface area contributed by atoms with Gasteiger partial charge in [0.2, 0.25) is 5.88 Å². The molecule has 164 valence electrons. The Labute approximate surface area is 196 Å². The number of rotatable bonds is 2. The molecule has 0 aliphatic carbocycles. The molecule has 7 rings (SSSR count). The van der Waals surface area contributed by atoms with Gasteiger partial charge in [0.25, 0.3) is 0 Å². The van der Waals surface area contributed by atoms with Gasteiger partial charge in [0, 0.05) is 16.9 Å². The number of ether oxygens (including phenoxy) is 1. The van der Waals surface area contributed by atoms with Crippen LogP contribution in [0.3, 0.4) is 0 Å². The van der Waals surface area contributed by atoms with Gasteiger partial charge in [-0.3, -0.25) is 0 Å². The second-order valence-electron chi connectivity index (χ2n) is 8.80. The number of nitrogens with one attached hydrogen (secondary N) is 1. The van der Waals surface area contributed by atoms with E-state index in [0.717, 1.165) is 33.2 Å². The van der Waals surface area contributed by atoms with Gasteiger partial charge < -0.3 is 10.1 Å². The Balaban J connectivity index is 1.49. The molecule has 2 atom stereocenters. The molecule has 2 unspecified atom stereocenters. The smallest absolute Gasteiger partial charge is 0.203 e. The van der Waals surface area contributed by atoms with E-state index in [2.05, 4.69) is 101 Å². The molecule has 0 bridgehead atoms. The Morgan fingerprint density at radius 3 is 2.47 bits per heavy atom. The van der Waals surface area contributed by atoms with Crippen molar-refractivity contribution < 1.29 is 4.74 Å². The van der Waals surface area contributed by atoms with Crippen molar-refractivity contribution in [3.05, 3.63) is 125 Å². The molecule has 1 N–H and O–H groups in total. The van der Waals surface area contributed by atoms with E-state index in [1.807, 2.05) is 22.9 Å². The first-order chi connectivity index (χ1) is 16.8. The minimum atomic E-state index is -0.264. The fourth-order valence-corrected chi connectivity index (χ4v) is 5.08. The number of allylic oxidation sites excluding steroid dienone is 1. The predicted molar refractivity (Wildman–Crippen MR) is 130 cm³/mol. The monoisotopic (exact) mass is 443 g/mol. The highest BCUT2D eigenvalue weighted by atomic mass is 16.5. The third-order valence-corrected chi connectivity index (χ3v) is 6.73. The molecule has 6 nitrogen and oxygen atoms in total. The summed E-state index contributed by atoms with van der Waals surface area (Å²) < 4.78 is 8.51. The number of tetrazole rings is 1. The van der Waals surface area contributed by atoms with Gasteiger partial charge in [-0.2, -0.15) is 4.68 Å². The Bertz CT molecular complexity index is 1570. The third-order valence-electron chi connectivity index (χ3n) is 6.73.